The van der Waals surface area contributed by atoms with E-state index in [0.29, 0.717) is 10.0 Å². The van der Waals surface area contributed by atoms with E-state index in [1.807, 2.05) is 19.9 Å². The largest absolute Gasteiger partial charge is 0.480 e. The minimum Gasteiger partial charge on any atom is -0.480 e. The fourth-order valence-electron chi connectivity index (χ4n) is 1.43. The van der Waals surface area contributed by atoms with Crippen LogP contribution < -0.4 is 5.73 Å². The quantitative estimate of drug-likeness (QED) is 0.572. The van der Waals surface area contributed by atoms with Gasteiger partial charge in [-0.3, -0.25) is 4.79 Å². The first-order valence-corrected chi connectivity index (χ1v) is 8.67. The van der Waals surface area contributed by atoms with Gasteiger partial charge in [-0.1, -0.05) is 23.2 Å². The highest BCUT2D eigenvalue weighted by Gasteiger charge is 2.32. The van der Waals surface area contributed by atoms with Crippen LogP contribution in [0.4, 0.5) is 0 Å². The fourth-order valence-corrected chi connectivity index (χ4v) is 4.06. The zero-order valence-electron chi connectivity index (χ0n) is 11.2. The molecule has 0 radical (unpaired) electrons. The third-order valence-corrected chi connectivity index (χ3v) is 6.12. The second-order valence-corrected chi connectivity index (χ2v) is 8.42. The van der Waals surface area contributed by atoms with Crippen LogP contribution in [0.5, 0.6) is 0 Å². The summed E-state index contributed by atoms with van der Waals surface area (Å²) in [6.45, 7) is 3.68. The predicted octanol–water partition coefficient (Wildman–Crippen LogP) is 4.01. The van der Waals surface area contributed by atoms with Crippen molar-refractivity contribution in [1.29, 1.82) is 0 Å². The Balaban J connectivity index is 2.45. The van der Waals surface area contributed by atoms with Gasteiger partial charge in [0.25, 0.3) is 0 Å². The molecule has 1 aromatic rings. The molecular weight excluding hydrogens is 337 g/mol. The van der Waals surface area contributed by atoms with Crippen molar-refractivity contribution in [3.05, 3.63) is 28.2 Å². The van der Waals surface area contributed by atoms with Gasteiger partial charge in [0.2, 0.25) is 0 Å². The maximum atomic E-state index is 10.9. The third kappa shape index (κ3) is 5.37. The lowest BCUT2D eigenvalue weighted by Gasteiger charge is -2.27. The van der Waals surface area contributed by atoms with Gasteiger partial charge in [-0.25, -0.2) is 0 Å². The van der Waals surface area contributed by atoms with E-state index >= 15 is 0 Å². The topological polar surface area (TPSA) is 63.3 Å². The average molecular weight is 354 g/mol. The van der Waals surface area contributed by atoms with Crippen molar-refractivity contribution >= 4 is 52.7 Å². The molecule has 1 atom stereocenters. The van der Waals surface area contributed by atoms with Crippen LogP contribution in [0.2, 0.25) is 10.0 Å². The molecule has 7 heteroatoms. The monoisotopic (exact) mass is 353 g/mol. The van der Waals surface area contributed by atoms with Crippen molar-refractivity contribution in [3.8, 4) is 0 Å². The van der Waals surface area contributed by atoms with Gasteiger partial charge >= 0.3 is 5.97 Å². The number of benzene rings is 1. The van der Waals surface area contributed by atoms with Gasteiger partial charge in [0.15, 0.2) is 0 Å². The van der Waals surface area contributed by atoms with E-state index in [4.69, 9.17) is 34.0 Å². The van der Waals surface area contributed by atoms with E-state index in [1.54, 1.807) is 35.7 Å². The Kier molecular flexibility index (Phi) is 7.01. The molecular formula is C13H17Cl2NO2S2. The summed E-state index contributed by atoms with van der Waals surface area (Å²) in [4.78, 5) is 11.8. The minimum absolute atomic E-state index is 0.509. The normalized spacial score (nSPS) is 13.2. The lowest BCUT2D eigenvalue weighted by molar-refractivity contribution is -0.139. The molecule has 20 heavy (non-hydrogen) atoms. The Morgan fingerprint density at radius 2 is 2.05 bits per heavy atom. The molecule has 0 unspecified atom stereocenters. The molecule has 1 aromatic carbocycles. The lowest BCUT2D eigenvalue weighted by atomic mass is 10.1. The lowest BCUT2D eigenvalue weighted by Crippen LogP contribution is -2.46. The van der Waals surface area contributed by atoms with Gasteiger partial charge in [-0.2, -0.15) is 11.8 Å². The van der Waals surface area contributed by atoms with Gasteiger partial charge in [-0.05, 0) is 32.0 Å². The number of carboxylic acid groups (broad SMARTS) is 1. The molecule has 0 aromatic heterocycles. The molecule has 0 fully saturated rings. The van der Waals surface area contributed by atoms with Crippen molar-refractivity contribution in [1.82, 2.24) is 0 Å². The van der Waals surface area contributed by atoms with Crippen LogP contribution in [0.15, 0.2) is 23.1 Å². The third-order valence-electron chi connectivity index (χ3n) is 2.72. The first-order chi connectivity index (χ1) is 9.24. The molecule has 0 aliphatic rings. The van der Waals surface area contributed by atoms with Crippen LogP contribution >= 0.6 is 46.7 Å². The Labute approximate surface area is 137 Å². The molecule has 3 nitrogen and oxygen atoms in total. The second-order valence-electron chi connectivity index (χ2n) is 4.69. The summed E-state index contributed by atoms with van der Waals surface area (Å²) in [7, 11) is 0. The number of carbonyl (C=O) groups is 1. The van der Waals surface area contributed by atoms with Crippen LogP contribution in [0.3, 0.4) is 0 Å². The highest BCUT2D eigenvalue weighted by atomic mass is 35.5. The van der Waals surface area contributed by atoms with Gasteiger partial charge in [0.1, 0.15) is 6.04 Å². The Morgan fingerprint density at radius 1 is 1.40 bits per heavy atom. The summed E-state index contributed by atoms with van der Waals surface area (Å²) in [5.41, 5.74) is 5.67. The van der Waals surface area contributed by atoms with Crippen molar-refractivity contribution < 1.29 is 9.90 Å². The molecule has 0 aliphatic heterocycles. The first-order valence-electron chi connectivity index (χ1n) is 5.94. The average Bonchev–Trinajstić information content (AvgIpc) is 2.37. The van der Waals surface area contributed by atoms with Gasteiger partial charge in [0.05, 0.1) is 5.02 Å². The zero-order chi connectivity index (χ0) is 15.3. The highest BCUT2D eigenvalue weighted by molar-refractivity contribution is 8.03. The summed E-state index contributed by atoms with van der Waals surface area (Å²) < 4.78 is -0.509. The molecule has 3 N–H and O–H groups in total. The smallest absolute Gasteiger partial charge is 0.321 e. The molecule has 0 bridgehead atoms. The van der Waals surface area contributed by atoms with Crippen molar-refractivity contribution in [2.75, 3.05) is 11.5 Å². The summed E-state index contributed by atoms with van der Waals surface area (Å²) in [6, 6.07) is 4.46. The van der Waals surface area contributed by atoms with Crippen LogP contribution in [0, 0.1) is 0 Å². The Bertz CT molecular complexity index is 483. The van der Waals surface area contributed by atoms with E-state index in [-0.39, 0.29) is 0 Å². The van der Waals surface area contributed by atoms with E-state index in [9.17, 15) is 4.79 Å². The summed E-state index contributed by atoms with van der Waals surface area (Å²) in [5, 5.41) is 10.3. The van der Waals surface area contributed by atoms with Crippen LogP contribution in [-0.2, 0) is 4.79 Å². The molecule has 0 spiro atoms. The van der Waals surface area contributed by atoms with E-state index in [2.05, 4.69) is 0 Å². The SMILES string of the molecule is CC(C)(SCCSc1cc(Cl)ccc1Cl)[C@H](N)C(=O)O. The number of rotatable bonds is 7. The fraction of sp³-hybridized carbons (Fsp3) is 0.462. The van der Waals surface area contributed by atoms with Crippen molar-refractivity contribution in [2.24, 2.45) is 5.73 Å². The van der Waals surface area contributed by atoms with Crippen molar-refractivity contribution in [2.45, 2.75) is 29.5 Å². The molecule has 0 saturated heterocycles. The zero-order valence-corrected chi connectivity index (χ0v) is 14.4. The van der Waals surface area contributed by atoms with Gasteiger partial charge in [-0.15, -0.1) is 11.8 Å². The number of hydrogen-bond acceptors (Lipinski definition) is 4. The van der Waals surface area contributed by atoms with Crippen LogP contribution in [0.1, 0.15) is 13.8 Å². The number of hydrogen-bond donors (Lipinski definition) is 2. The van der Waals surface area contributed by atoms with E-state index < -0.39 is 16.8 Å². The predicted molar refractivity (Wildman–Crippen MR) is 89.3 cm³/mol. The minimum atomic E-state index is -0.979. The van der Waals surface area contributed by atoms with Gasteiger partial charge in [0, 0.05) is 26.2 Å². The molecule has 0 saturated carbocycles. The van der Waals surface area contributed by atoms with Crippen molar-refractivity contribution in [3.63, 3.8) is 0 Å². The highest BCUT2D eigenvalue weighted by Crippen LogP contribution is 2.33. The molecule has 1 rings (SSSR count). The number of nitrogens with two attached hydrogens (primary N) is 1. The number of halogens is 2. The Morgan fingerprint density at radius 3 is 2.65 bits per heavy atom. The summed E-state index contributed by atoms with van der Waals surface area (Å²) >= 11 is 15.1. The first kappa shape index (κ1) is 18.0. The van der Waals surface area contributed by atoms with Crippen LogP contribution in [-0.4, -0.2) is 33.4 Å². The van der Waals surface area contributed by atoms with Crippen LogP contribution in [0.25, 0.3) is 0 Å². The number of carboxylic acids is 1. The number of aliphatic carboxylic acids is 1. The molecule has 0 heterocycles. The molecule has 0 aliphatic carbocycles. The van der Waals surface area contributed by atoms with E-state index in [0.717, 1.165) is 16.4 Å². The molecule has 0 amide bonds. The molecule has 112 valence electrons. The Hall–Kier alpha value is -0.0700. The summed E-state index contributed by atoms with van der Waals surface area (Å²) in [6.07, 6.45) is 0. The summed E-state index contributed by atoms with van der Waals surface area (Å²) in [5.74, 6) is 0.607. The maximum absolute atomic E-state index is 10.9. The van der Waals surface area contributed by atoms with E-state index in [1.165, 1.54) is 0 Å². The standard InChI is InChI=1S/C13H17Cl2NO2S2/c1-13(2,11(16)12(17)18)20-6-5-19-10-7-8(14)3-4-9(10)15/h3-4,7,11H,5-6,16H2,1-2H3,(H,17,18)/t11-/m1/s1. The van der Waals surface area contributed by atoms with Gasteiger partial charge < -0.3 is 10.8 Å². The second kappa shape index (κ2) is 7.80. The maximum Gasteiger partial charge on any atom is 0.321 e. The number of thioether (sulfide) groups is 2.